The van der Waals surface area contributed by atoms with Crippen LogP contribution in [-0.2, 0) is 6.54 Å². The largest absolute Gasteiger partial charge is 0.356 e. The Morgan fingerprint density at radius 3 is 2.59 bits per heavy atom. The molecule has 0 aliphatic rings. The zero-order chi connectivity index (χ0) is 12.4. The molecule has 0 radical (unpaired) electrons. The van der Waals surface area contributed by atoms with E-state index in [2.05, 4.69) is 5.10 Å². The molecule has 1 N–H and O–H groups in total. The van der Waals surface area contributed by atoms with Crippen molar-refractivity contribution in [3.63, 3.8) is 0 Å². The first-order chi connectivity index (χ1) is 8.06. The van der Waals surface area contributed by atoms with Crippen molar-refractivity contribution < 1.29 is 14.5 Å². The van der Waals surface area contributed by atoms with Gasteiger partial charge >= 0.3 is 5.69 Å². The lowest BCUT2D eigenvalue weighted by Gasteiger charge is -2.00. The van der Waals surface area contributed by atoms with Crippen molar-refractivity contribution in [1.82, 2.24) is 9.78 Å². The molecule has 5 nitrogen and oxygen atoms in total. The van der Waals surface area contributed by atoms with E-state index in [1.807, 2.05) is 0 Å². The van der Waals surface area contributed by atoms with Gasteiger partial charge in [0, 0.05) is 0 Å². The molecule has 1 heterocycles. The molecule has 0 fully saturated rings. The highest BCUT2D eigenvalue weighted by Gasteiger charge is 2.20. The van der Waals surface area contributed by atoms with Gasteiger partial charge in [-0.3, -0.25) is 4.68 Å². The van der Waals surface area contributed by atoms with Gasteiger partial charge in [0.05, 0.1) is 11.5 Å². The van der Waals surface area contributed by atoms with Gasteiger partial charge in [0.1, 0.15) is 17.7 Å². The van der Waals surface area contributed by atoms with E-state index in [1.54, 1.807) is 19.1 Å². The summed E-state index contributed by atoms with van der Waals surface area (Å²) in [5, 5.41) is 12.9. The lowest BCUT2D eigenvalue weighted by molar-refractivity contribution is -0.730. The van der Waals surface area contributed by atoms with E-state index in [-0.39, 0.29) is 16.4 Å². The number of halogens is 1. The second kappa shape index (κ2) is 4.32. The van der Waals surface area contributed by atoms with Crippen LogP contribution >= 0.6 is 0 Å². The van der Waals surface area contributed by atoms with Crippen LogP contribution in [0.25, 0.3) is 0 Å². The minimum Gasteiger partial charge on any atom is -0.261 e. The number of aryl methyl sites for hydroxylation is 1. The monoisotopic (exact) mass is 236 g/mol. The minimum absolute atomic E-state index is 0.104. The number of nitrogens with zero attached hydrogens (tertiary/aromatic N) is 3. The predicted molar refractivity (Wildman–Crippen MR) is 57.5 cm³/mol. The average molecular weight is 236 g/mol. The minimum atomic E-state index is -0.299. The van der Waals surface area contributed by atoms with Gasteiger partial charge in [0.15, 0.2) is 0 Å². The van der Waals surface area contributed by atoms with Crippen molar-refractivity contribution in [2.45, 2.75) is 13.5 Å². The van der Waals surface area contributed by atoms with Gasteiger partial charge in [-0.25, -0.2) is 9.60 Å². The first kappa shape index (κ1) is 11.3. The third-order valence-corrected chi connectivity index (χ3v) is 2.38. The normalized spacial score (nSPS) is 10.5. The predicted octanol–water partition coefficient (Wildman–Crippen LogP) is 2.18. The number of rotatable bonds is 3. The van der Waals surface area contributed by atoms with Crippen LogP contribution in [0.3, 0.4) is 0 Å². The summed E-state index contributed by atoms with van der Waals surface area (Å²) >= 11 is 0. The molecule has 17 heavy (non-hydrogen) atoms. The van der Waals surface area contributed by atoms with Crippen molar-refractivity contribution in [3.05, 3.63) is 52.4 Å². The molecule has 2 aromatic rings. The first-order valence-corrected chi connectivity index (χ1v) is 5.01. The molecule has 0 spiro atoms. The molecule has 0 unspecified atom stereocenters. The fourth-order valence-electron chi connectivity index (χ4n) is 1.55. The van der Waals surface area contributed by atoms with Crippen molar-refractivity contribution in [3.8, 4) is 0 Å². The first-order valence-electron chi connectivity index (χ1n) is 5.01. The molecule has 0 saturated heterocycles. The highest BCUT2D eigenvalue weighted by Crippen LogP contribution is 2.15. The lowest BCUT2D eigenvalue weighted by Crippen LogP contribution is -2.00. The molecule has 0 aliphatic carbocycles. The van der Waals surface area contributed by atoms with Crippen LogP contribution in [-0.4, -0.2) is 19.9 Å². The zero-order valence-electron chi connectivity index (χ0n) is 9.17. The van der Waals surface area contributed by atoms with E-state index in [1.165, 1.54) is 23.0 Å². The summed E-state index contributed by atoms with van der Waals surface area (Å²) in [5.41, 5.74) is 1.40. The summed E-state index contributed by atoms with van der Waals surface area (Å²) in [6.45, 7) is 2.03. The van der Waals surface area contributed by atoms with E-state index < -0.39 is 0 Å². The van der Waals surface area contributed by atoms with Crippen LogP contribution in [0.5, 0.6) is 0 Å². The molecular formula is C11H11FN3O2+. The summed E-state index contributed by atoms with van der Waals surface area (Å²) in [5.74, 6) is -0.299. The zero-order valence-corrected chi connectivity index (χ0v) is 9.17. The Bertz CT molecular complexity index is 548. The van der Waals surface area contributed by atoms with Gasteiger partial charge in [-0.2, -0.15) is 5.10 Å². The average Bonchev–Trinajstić information content (AvgIpc) is 2.63. The van der Waals surface area contributed by atoms with Gasteiger partial charge in [0.2, 0.25) is 0 Å². The third-order valence-electron chi connectivity index (χ3n) is 2.38. The van der Waals surface area contributed by atoms with Gasteiger partial charge < -0.3 is 0 Å². The quantitative estimate of drug-likeness (QED) is 0.831. The topological polar surface area (TPSA) is 58.1 Å². The molecule has 0 amide bonds. The fourth-order valence-corrected chi connectivity index (χ4v) is 1.55. The summed E-state index contributed by atoms with van der Waals surface area (Å²) in [6.07, 6.45) is 1.44. The standard InChI is InChI=1S/C11H11FN3O2/c1-8-11(15(16)17)7-14(13-8)6-9-2-4-10(12)5-3-9/h2-5,7H,6H2,1H3,(H,16,17)/q+1. The number of hydrogen-bond acceptors (Lipinski definition) is 2. The van der Waals surface area contributed by atoms with Crippen molar-refractivity contribution in [2.75, 3.05) is 0 Å². The molecule has 0 atom stereocenters. The maximum atomic E-state index is 12.7. The maximum absolute atomic E-state index is 12.7. The van der Waals surface area contributed by atoms with E-state index >= 15 is 0 Å². The third kappa shape index (κ3) is 2.47. The van der Waals surface area contributed by atoms with Crippen LogP contribution in [0.2, 0.25) is 0 Å². The summed E-state index contributed by atoms with van der Waals surface area (Å²) in [4.78, 5) is 10.5. The van der Waals surface area contributed by atoms with Gasteiger partial charge in [-0.1, -0.05) is 12.1 Å². The number of hydrogen-bond donors (Lipinski definition) is 1. The van der Waals surface area contributed by atoms with Gasteiger partial charge in [-0.15, -0.1) is 0 Å². The van der Waals surface area contributed by atoms with E-state index in [0.29, 0.717) is 12.2 Å². The number of aromatic nitrogens is 2. The Hall–Kier alpha value is -2.24. The molecule has 0 aliphatic heterocycles. The number of benzene rings is 1. The second-order valence-electron chi connectivity index (χ2n) is 3.70. The lowest BCUT2D eigenvalue weighted by atomic mass is 10.2. The molecule has 1 aromatic heterocycles. The second-order valence-corrected chi connectivity index (χ2v) is 3.70. The van der Waals surface area contributed by atoms with E-state index in [9.17, 15) is 9.30 Å². The van der Waals surface area contributed by atoms with Crippen LogP contribution < -0.4 is 0 Å². The highest BCUT2D eigenvalue weighted by atomic mass is 19.1. The van der Waals surface area contributed by atoms with Crippen molar-refractivity contribution >= 4 is 5.69 Å². The molecular weight excluding hydrogens is 225 g/mol. The van der Waals surface area contributed by atoms with Crippen LogP contribution in [0, 0.1) is 17.6 Å². The SMILES string of the molecule is Cc1nn(Cc2ccc(F)cc2)cc1[N+](=O)O. The van der Waals surface area contributed by atoms with E-state index in [0.717, 1.165) is 5.56 Å². The Kier molecular flexibility index (Phi) is 2.86. The smallest absolute Gasteiger partial charge is 0.261 e. The molecule has 1 aromatic carbocycles. The van der Waals surface area contributed by atoms with Crippen molar-refractivity contribution in [1.29, 1.82) is 0 Å². The fraction of sp³-hybridized carbons (Fsp3) is 0.182. The molecule has 88 valence electrons. The van der Waals surface area contributed by atoms with Crippen molar-refractivity contribution in [2.24, 2.45) is 0 Å². The molecule has 0 bridgehead atoms. The van der Waals surface area contributed by atoms with E-state index in [4.69, 9.17) is 5.21 Å². The van der Waals surface area contributed by atoms with Gasteiger partial charge in [0.25, 0.3) is 4.92 Å². The summed E-state index contributed by atoms with van der Waals surface area (Å²) in [7, 11) is 0. The molecule has 0 saturated carbocycles. The summed E-state index contributed by atoms with van der Waals surface area (Å²) < 4.78 is 14.2. The Balaban J connectivity index is 2.22. The molecule has 2 rings (SSSR count). The maximum Gasteiger partial charge on any atom is 0.356 e. The van der Waals surface area contributed by atoms with Crippen LogP contribution in [0.15, 0.2) is 30.5 Å². The van der Waals surface area contributed by atoms with Crippen LogP contribution in [0.4, 0.5) is 10.1 Å². The molecule has 6 heteroatoms. The summed E-state index contributed by atoms with van der Waals surface area (Å²) in [6, 6.07) is 6.00. The van der Waals surface area contributed by atoms with Gasteiger partial charge in [-0.05, 0) is 24.6 Å². The highest BCUT2D eigenvalue weighted by molar-refractivity contribution is 5.30. The Morgan fingerprint density at radius 1 is 1.41 bits per heavy atom. The Morgan fingerprint density at radius 2 is 2.06 bits per heavy atom. The van der Waals surface area contributed by atoms with Crippen LogP contribution in [0.1, 0.15) is 11.3 Å². The Labute approximate surface area is 96.6 Å².